The maximum atomic E-state index is 12.3. The van der Waals surface area contributed by atoms with Gasteiger partial charge in [-0.3, -0.25) is 4.79 Å². The van der Waals surface area contributed by atoms with Crippen LogP contribution in [0, 0.1) is 0 Å². The third-order valence-corrected chi connectivity index (χ3v) is 4.25. The number of hydrogen-bond donors (Lipinski definition) is 3. The fourth-order valence-electron chi connectivity index (χ4n) is 2.56. The van der Waals surface area contributed by atoms with Crippen LogP contribution < -0.4 is 16.4 Å². The van der Waals surface area contributed by atoms with Gasteiger partial charge in [-0.25, -0.2) is 4.79 Å². The van der Waals surface area contributed by atoms with Gasteiger partial charge in [-0.2, -0.15) is 11.8 Å². The maximum Gasteiger partial charge on any atom is 0.312 e. The van der Waals surface area contributed by atoms with Gasteiger partial charge in [-0.15, -0.1) is 0 Å². The second-order valence-electron chi connectivity index (χ2n) is 5.17. The van der Waals surface area contributed by atoms with E-state index in [0.29, 0.717) is 6.42 Å². The molecular formula is C15H21N3O2S. The van der Waals surface area contributed by atoms with Gasteiger partial charge in [0.15, 0.2) is 0 Å². The number of benzene rings is 1. The number of carbonyl (C=O) groups is 2. The Morgan fingerprint density at radius 3 is 2.81 bits per heavy atom. The maximum absolute atomic E-state index is 12.3. The largest absolute Gasteiger partial charge is 0.352 e. The highest BCUT2D eigenvalue weighted by molar-refractivity contribution is 7.98. The zero-order chi connectivity index (χ0) is 15.2. The van der Waals surface area contributed by atoms with E-state index in [4.69, 9.17) is 5.73 Å². The van der Waals surface area contributed by atoms with Crippen molar-refractivity contribution in [1.82, 2.24) is 5.32 Å². The molecule has 1 aromatic rings. The van der Waals surface area contributed by atoms with Crippen molar-refractivity contribution in [2.45, 2.75) is 31.7 Å². The van der Waals surface area contributed by atoms with E-state index >= 15 is 0 Å². The first-order valence-electron chi connectivity index (χ1n) is 7.07. The van der Waals surface area contributed by atoms with Gasteiger partial charge < -0.3 is 16.4 Å². The monoisotopic (exact) mass is 307 g/mol. The summed E-state index contributed by atoms with van der Waals surface area (Å²) in [5, 5.41) is 5.37. The van der Waals surface area contributed by atoms with Gasteiger partial charge in [-0.05, 0) is 61.0 Å². The molecule has 4 N–H and O–H groups in total. The van der Waals surface area contributed by atoms with Crippen LogP contribution in [-0.4, -0.2) is 30.0 Å². The molecule has 1 atom stereocenters. The van der Waals surface area contributed by atoms with Crippen molar-refractivity contribution in [3.8, 4) is 0 Å². The summed E-state index contributed by atoms with van der Waals surface area (Å²) in [4.78, 5) is 23.3. The Balaban J connectivity index is 2.01. The Labute approximate surface area is 129 Å². The fraction of sp³-hybridized carbons (Fsp3) is 0.467. The molecule has 0 spiro atoms. The average molecular weight is 307 g/mol. The van der Waals surface area contributed by atoms with Gasteiger partial charge in [0.25, 0.3) is 0 Å². The molecule has 5 nitrogen and oxygen atoms in total. The van der Waals surface area contributed by atoms with E-state index in [-0.39, 0.29) is 5.91 Å². The van der Waals surface area contributed by atoms with Crippen LogP contribution in [0.25, 0.3) is 0 Å². The summed E-state index contributed by atoms with van der Waals surface area (Å²) in [7, 11) is 0. The number of hydrogen-bond acceptors (Lipinski definition) is 3. The first-order chi connectivity index (χ1) is 10.1. The first-order valence-corrected chi connectivity index (χ1v) is 8.47. The van der Waals surface area contributed by atoms with E-state index in [9.17, 15) is 9.59 Å². The number of carbonyl (C=O) groups excluding carboxylic acids is 2. The molecule has 21 heavy (non-hydrogen) atoms. The molecule has 2 rings (SSSR count). The number of nitrogens with two attached hydrogens (primary N) is 1. The molecular weight excluding hydrogens is 286 g/mol. The summed E-state index contributed by atoms with van der Waals surface area (Å²) < 4.78 is 0. The second kappa shape index (κ2) is 7.36. The molecule has 0 saturated heterocycles. The number of fused-ring (bicyclic) bond motifs is 1. The average Bonchev–Trinajstić information content (AvgIpc) is 2.90. The number of anilines is 1. The molecule has 0 fully saturated rings. The summed E-state index contributed by atoms with van der Waals surface area (Å²) >= 11 is 1.62. The smallest absolute Gasteiger partial charge is 0.312 e. The van der Waals surface area contributed by atoms with Gasteiger partial charge >= 0.3 is 6.03 Å². The fourth-order valence-corrected chi connectivity index (χ4v) is 3.03. The number of aryl methyl sites for hydroxylation is 2. The summed E-state index contributed by atoms with van der Waals surface area (Å²) in [6.07, 6.45) is 5.87. The Kier molecular flexibility index (Phi) is 5.50. The molecule has 1 aliphatic carbocycles. The Morgan fingerprint density at radius 1 is 1.33 bits per heavy atom. The standard InChI is InChI=1S/C15H21N3O2S/c1-21-8-7-13(18-15(16)20)14(19)17-12-6-5-10-3-2-4-11(10)9-12/h5-6,9,13H,2-4,7-8H2,1H3,(H,17,19)(H3,16,18,20)/t13-/m1/s1. The van der Waals surface area contributed by atoms with Crippen LogP contribution in [0.5, 0.6) is 0 Å². The lowest BCUT2D eigenvalue weighted by atomic mass is 10.1. The highest BCUT2D eigenvalue weighted by Gasteiger charge is 2.20. The topological polar surface area (TPSA) is 84.2 Å². The minimum atomic E-state index is -0.676. The van der Waals surface area contributed by atoms with Crippen molar-refractivity contribution in [3.05, 3.63) is 29.3 Å². The molecule has 1 aliphatic rings. The molecule has 6 heteroatoms. The van der Waals surface area contributed by atoms with E-state index in [1.165, 1.54) is 17.5 Å². The molecule has 3 amide bonds. The van der Waals surface area contributed by atoms with E-state index in [2.05, 4.69) is 16.7 Å². The Hall–Kier alpha value is -1.69. The summed E-state index contributed by atoms with van der Waals surface area (Å²) in [5.74, 6) is 0.559. The highest BCUT2D eigenvalue weighted by atomic mass is 32.2. The quantitative estimate of drug-likeness (QED) is 0.750. The van der Waals surface area contributed by atoms with Crippen LogP contribution in [0.1, 0.15) is 24.0 Å². The van der Waals surface area contributed by atoms with E-state index in [0.717, 1.165) is 24.3 Å². The first kappa shape index (κ1) is 15.7. The summed E-state index contributed by atoms with van der Waals surface area (Å²) in [6, 6.07) is 4.73. The summed E-state index contributed by atoms with van der Waals surface area (Å²) in [6.45, 7) is 0. The SMILES string of the molecule is CSCC[C@@H](NC(N)=O)C(=O)Nc1ccc2c(c1)CCC2. The number of rotatable bonds is 6. The van der Waals surface area contributed by atoms with Crippen molar-refractivity contribution in [3.63, 3.8) is 0 Å². The number of urea groups is 1. The van der Waals surface area contributed by atoms with Gasteiger partial charge in [0, 0.05) is 5.69 Å². The van der Waals surface area contributed by atoms with Crippen LogP contribution in [0.3, 0.4) is 0 Å². The predicted octanol–water partition coefficient (Wildman–Crippen LogP) is 1.90. The second-order valence-corrected chi connectivity index (χ2v) is 6.15. The van der Waals surface area contributed by atoms with Crippen molar-refractivity contribution in [1.29, 1.82) is 0 Å². The lowest BCUT2D eigenvalue weighted by Gasteiger charge is -2.17. The Morgan fingerprint density at radius 2 is 2.10 bits per heavy atom. The van der Waals surface area contributed by atoms with Gasteiger partial charge in [0.2, 0.25) is 5.91 Å². The van der Waals surface area contributed by atoms with Gasteiger partial charge in [0.05, 0.1) is 0 Å². The molecule has 0 aliphatic heterocycles. The molecule has 114 valence electrons. The minimum Gasteiger partial charge on any atom is -0.352 e. The van der Waals surface area contributed by atoms with Crippen LogP contribution in [0.2, 0.25) is 0 Å². The molecule has 0 saturated carbocycles. The van der Waals surface area contributed by atoms with E-state index < -0.39 is 12.1 Å². The normalized spacial score (nSPS) is 14.3. The van der Waals surface area contributed by atoms with Crippen LogP contribution >= 0.6 is 11.8 Å². The van der Waals surface area contributed by atoms with Crippen LogP contribution in [-0.2, 0) is 17.6 Å². The number of amides is 3. The zero-order valence-corrected chi connectivity index (χ0v) is 13.0. The molecule has 0 heterocycles. The number of primary amides is 1. The number of thioether (sulfide) groups is 1. The van der Waals surface area contributed by atoms with Crippen molar-refractivity contribution in [2.24, 2.45) is 5.73 Å². The van der Waals surface area contributed by atoms with Crippen molar-refractivity contribution >= 4 is 29.4 Å². The van der Waals surface area contributed by atoms with Crippen molar-refractivity contribution in [2.75, 3.05) is 17.3 Å². The minimum absolute atomic E-state index is 0.221. The molecule has 0 bridgehead atoms. The summed E-state index contributed by atoms with van der Waals surface area (Å²) in [5.41, 5.74) is 8.58. The highest BCUT2D eigenvalue weighted by Crippen LogP contribution is 2.25. The molecule has 0 aromatic heterocycles. The lowest BCUT2D eigenvalue weighted by Crippen LogP contribution is -2.46. The Bertz CT molecular complexity index is 534. The molecule has 0 radical (unpaired) electrons. The van der Waals surface area contributed by atoms with Crippen molar-refractivity contribution < 1.29 is 9.59 Å². The van der Waals surface area contributed by atoms with E-state index in [1.807, 2.05) is 18.4 Å². The predicted molar refractivity (Wildman–Crippen MR) is 86.6 cm³/mol. The van der Waals surface area contributed by atoms with Crippen LogP contribution in [0.15, 0.2) is 18.2 Å². The van der Waals surface area contributed by atoms with E-state index in [1.54, 1.807) is 11.8 Å². The van der Waals surface area contributed by atoms with Gasteiger partial charge in [0.1, 0.15) is 6.04 Å². The molecule has 1 aromatic carbocycles. The zero-order valence-electron chi connectivity index (χ0n) is 12.1. The molecule has 0 unspecified atom stereocenters. The third kappa shape index (κ3) is 4.39. The van der Waals surface area contributed by atoms with Gasteiger partial charge in [-0.1, -0.05) is 6.07 Å². The van der Waals surface area contributed by atoms with Crippen LogP contribution in [0.4, 0.5) is 10.5 Å². The number of nitrogens with one attached hydrogen (secondary N) is 2. The lowest BCUT2D eigenvalue weighted by molar-refractivity contribution is -0.117. The third-order valence-electron chi connectivity index (χ3n) is 3.61.